The van der Waals surface area contributed by atoms with Gasteiger partial charge < -0.3 is 15.5 Å². The van der Waals surface area contributed by atoms with Crippen molar-refractivity contribution in [3.8, 4) is 10.4 Å². The number of amides is 3. The summed E-state index contributed by atoms with van der Waals surface area (Å²) in [5.74, 6) is -0.360. The predicted octanol–water partition coefficient (Wildman–Crippen LogP) is 3.18. The second-order valence-corrected chi connectivity index (χ2v) is 7.13. The van der Waals surface area contributed by atoms with E-state index >= 15 is 0 Å². The van der Waals surface area contributed by atoms with Crippen LogP contribution in [0.3, 0.4) is 0 Å². The van der Waals surface area contributed by atoms with Gasteiger partial charge in [-0.1, -0.05) is 18.2 Å². The second-order valence-electron chi connectivity index (χ2n) is 6.02. The van der Waals surface area contributed by atoms with Gasteiger partial charge in [-0.05, 0) is 30.7 Å². The summed E-state index contributed by atoms with van der Waals surface area (Å²) >= 11 is 1.43. The van der Waals surface area contributed by atoms with Crippen molar-refractivity contribution in [2.45, 2.75) is 6.42 Å². The molecular formula is C19H20FN3O2S. The van der Waals surface area contributed by atoms with E-state index in [1.807, 2.05) is 12.1 Å². The molecule has 0 aliphatic carbocycles. The molecule has 1 aromatic carbocycles. The Morgan fingerprint density at radius 1 is 1.04 bits per heavy atom. The summed E-state index contributed by atoms with van der Waals surface area (Å²) in [5, 5.41) is 0. The summed E-state index contributed by atoms with van der Waals surface area (Å²) in [6.07, 6.45) is 3.98. The third kappa shape index (κ3) is 4.29. The van der Waals surface area contributed by atoms with Crippen LogP contribution in [-0.2, 0) is 4.79 Å². The molecule has 26 heavy (non-hydrogen) atoms. The average Bonchev–Trinajstić information content (AvgIpc) is 2.94. The number of thiophene rings is 1. The molecule has 5 nitrogen and oxygen atoms in total. The molecule has 3 amide bonds. The molecular weight excluding hydrogens is 353 g/mol. The van der Waals surface area contributed by atoms with E-state index in [0.29, 0.717) is 38.2 Å². The highest BCUT2D eigenvalue weighted by Crippen LogP contribution is 2.30. The van der Waals surface area contributed by atoms with Crippen LogP contribution in [-0.4, -0.2) is 47.9 Å². The molecule has 136 valence electrons. The largest absolute Gasteiger partial charge is 0.351 e. The Labute approximate surface area is 155 Å². The van der Waals surface area contributed by atoms with Crippen LogP contribution in [0.15, 0.2) is 42.5 Å². The van der Waals surface area contributed by atoms with Crippen LogP contribution in [0.25, 0.3) is 16.5 Å². The first-order chi connectivity index (χ1) is 12.5. The van der Waals surface area contributed by atoms with Gasteiger partial charge >= 0.3 is 6.03 Å². The molecule has 0 radical (unpaired) electrons. The minimum Gasteiger partial charge on any atom is -0.351 e. The molecule has 1 fully saturated rings. The van der Waals surface area contributed by atoms with Gasteiger partial charge in [-0.3, -0.25) is 4.79 Å². The maximum Gasteiger partial charge on any atom is 0.314 e. The van der Waals surface area contributed by atoms with Gasteiger partial charge in [0.25, 0.3) is 0 Å². The minimum atomic E-state index is -0.450. The molecule has 0 saturated carbocycles. The molecule has 0 unspecified atom stereocenters. The van der Waals surface area contributed by atoms with Gasteiger partial charge in [0.15, 0.2) is 0 Å². The number of nitrogens with zero attached hydrogens (tertiary/aromatic N) is 2. The number of halogens is 1. The Morgan fingerprint density at radius 3 is 2.54 bits per heavy atom. The molecule has 1 aliphatic rings. The molecule has 3 rings (SSSR count). The van der Waals surface area contributed by atoms with E-state index in [4.69, 9.17) is 5.73 Å². The van der Waals surface area contributed by atoms with E-state index < -0.39 is 6.03 Å². The van der Waals surface area contributed by atoms with Crippen molar-refractivity contribution in [3.05, 3.63) is 53.2 Å². The first kappa shape index (κ1) is 18.1. The highest BCUT2D eigenvalue weighted by Gasteiger charge is 2.19. The number of primary amides is 1. The van der Waals surface area contributed by atoms with Crippen LogP contribution in [0.5, 0.6) is 0 Å². The number of hydrogen-bond donors (Lipinski definition) is 1. The topological polar surface area (TPSA) is 66.6 Å². The lowest BCUT2D eigenvalue weighted by atomic mass is 10.2. The van der Waals surface area contributed by atoms with E-state index in [0.717, 1.165) is 9.75 Å². The first-order valence-electron chi connectivity index (χ1n) is 8.40. The van der Waals surface area contributed by atoms with Crippen LogP contribution in [0.4, 0.5) is 9.18 Å². The van der Waals surface area contributed by atoms with Gasteiger partial charge in [-0.25, -0.2) is 9.18 Å². The SMILES string of the molecule is NC(=O)N1CCCN(C(=O)C=Cc2ccc(-c3ccccc3F)s2)CC1. The maximum atomic E-state index is 13.9. The summed E-state index contributed by atoms with van der Waals surface area (Å²) in [5.41, 5.74) is 5.86. The van der Waals surface area contributed by atoms with Crippen molar-refractivity contribution in [2.24, 2.45) is 5.73 Å². The Morgan fingerprint density at radius 2 is 1.77 bits per heavy atom. The van der Waals surface area contributed by atoms with Crippen molar-refractivity contribution < 1.29 is 14.0 Å². The highest BCUT2D eigenvalue weighted by molar-refractivity contribution is 7.16. The fraction of sp³-hybridized carbons (Fsp3) is 0.263. The van der Waals surface area contributed by atoms with Gasteiger partial charge in [-0.15, -0.1) is 11.3 Å². The Balaban J connectivity index is 1.64. The van der Waals surface area contributed by atoms with Crippen molar-refractivity contribution in [1.82, 2.24) is 9.80 Å². The van der Waals surface area contributed by atoms with Crippen LogP contribution in [0.2, 0.25) is 0 Å². The van der Waals surface area contributed by atoms with Gasteiger partial charge in [0.2, 0.25) is 5.91 Å². The van der Waals surface area contributed by atoms with E-state index in [-0.39, 0.29) is 11.7 Å². The minimum absolute atomic E-state index is 0.0998. The lowest BCUT2D eigenvalue weighted by molar-refractivity contribution is -0.125. The number of rotatable bonds is 3. The van der Waals surface area contributed by atoms with Gasteiger partial charge in [0, 0.05) is 47.6 Å². The number of urea groups is 1. The van der Waals surface area contributed by atoms with E-state index in [9.17, 15) is 14.0 Å². The molecule has 2 aromatic rings. The normalized spacial score (nSPS) is 15.3. The van der Waals surface area contributed by atoms with Gasteiger partial charge in [0.1, 0.15) is 5.82 Å². The number of benzene rings is 1. The smallest absolute Gasteiger partial charge is 0.314 e. The van der Waals surface area contributed by atoms with E-state index in [1.54, 1.807) is 34.1 Å². The molecule has 1 saturated heterocycles. The van der Waals surface area contributed by atoms with Crippen molar-refractivity contribution in [1.29, 1.82) is 0 Å². The average molecular weight is 373 g/mol. The van der Waals surface area contributed by atoms with Gasteiger partial charge in [0.05, 0.1) is 0 Å². The second kappa shape index (κ2) is 8.14. The molecule has 0 bridgehead atoms. The zero-order valence-corrected chi connectivity index (χ0v) is 15.0. The fourth-order valence-electron chi connectivity index (χ4n) is 2.87. The van der Waals surface area contributed by atoms with E-state index in [2.05, 4.69) is 0 Å². The standard InChI is InChI=1S/C19H20FN3O2S/c20-16-5-2-1-4-15(16)17-8-6-14(26-17)7-9-18(24)22-10-3-11-23(13-12-22)19(21)25/h1-2,4-9H,3,10-13H2,(H2,21,25). The summed E-state index contributed by atoms with van der Waals surface area (Å²) in [4.78, 5) is 28.6. The van der Waals surface area contributed by atoms with Crippen LogP contribution in [0, 0.1) is 5.82 Å². The summed E-state index contributed by atoms with van der Waals surface area (Å²) in [6, 6.07) is 9.90. The molecule has 2 N–H and O–H groups in total. The van der Waals surface area contributed by atoms with Crippen LogP contribution in [0.1, 0.15) is 11.3 Å². The van der Waals surface area contributed by atoms with Crippen molar-refractivity contribution >= 4 is 29.4 Å². The maximum absolute atomic E-state index is 13.9. The highest BCUT2D eigenvalue weighted by atomic mass is 32.1. The summed E-state index contributed by atoms with van der Waals surface area (Å²) in [6.45, 7) is 2.08. The lowest BCUT2D eigenvalue weighted by Gasteiger charge is -2.19. The van der Waals surface area contributed by atoms with Crippen LogP contribution < -0.4 is 5.73 Å². The molecule has 7 heteroatoms. The fourth-order valence-corrected chi connectivity index (χ4v) is 3.80. The quantitative estimate of drug-likeness (QED) is 0.840. The Kier molecular flexibility index (Phi) is 5.68. The molecule has 0 atom stereocenters. The Bertz CT molecular complexity index is 834. The lowest BCUT2D eigenvalue weighted by Crippen LogP contribution is -2.39. The zero-order valence-electron chi connectivity index (χ0n) is 14.2. The molecule has 0 spiro atoms. The van der Waals surface area contributed by atoms with Crippen molar-refractivity contribution in [2.75, 3.05) is 26.2 Å². The summed E-state index contributed by atoms with van der Waals surface area (Å²) < 4.78 is 13.9. The molecule has 1 aromatic heterocycles. The number of nitrogens with two attached hydrogens (primary N) is 1. The third-order valence-electron chi connectivity index (χ3n) is 4.28. The summed E-state index contributed by atoms with van der Waals surface area (Å²) in [7, 11) is 0. The third-order valence-corrected chi connectivity index (χ3v) is 5.36. The van der Waals surface area contributed by atoms with E-state index in [1.165, 1.54) is 23.5 Å². The Hall–Kier alpha value is -2.67. The number of hydrogen-bond acceptors (Lipinski definition) is 3. The monoisotopic (exact) mass is 373 g/mol. The van der Waals surface area contributed by atoms with Gasteiger partial charge in [-0.2, -0.15) is 0 Å². The molecule has 2 heterocycles. The first-order valence-corrected chi connectivity index (χ1v) is 9.22. The molecule has 1 aliphatic heterocycles. The van der Waals surface area contributed by atoms with Crippen LogP contribution >= 0.6 is 11.3 Å². The number of carbonyl (C=O) groups excluding carboxylic acids is 2. The predicted molar refractivity (Wildman–Crippen MR) is 101 cm³/mol. The van der Waals surface area contributed by atoms with Crippen molar-refractivity contribution in [3.63, 3.8) is 0 Å². The number of carbonyl (C=O) groups is 2. The zero-order chi connectivity index (χ0) is 18.5.